The van der Waals surface area contributed by atoms with Gasteiger partial charge in [-0.15, -0.1) is 10.2 Å². The Kier molecular flexibility index (Phi) is 6.34. The molecule has 0 spiro atoms. The van der Waals surface area contributed by atoms with E-state index in [9.17, 15) is 4.79 Å². The van der Waals surface area contributed by atoms with Gasteiger partial charge in [0.05, 0.1) is 24.8 Å². The largest absolute Gasteiger partial charge is 0.467 e. The summed E-state index contributed by atoms with van der Waals surface area (Å²) in [4.78, 5) is 11.9. The molecule has 3 aromatic rings. The number of aromatic nitrogens is 3. The molecule has 0 bridgehead atoms. The van der Waals surface area contributed by atoms with Gasteiger partial charge >= 0.3 is 0 Å². The number of amides is 1. The van der Waals surface area contributed by atoms with Gasteiger partial charge in [0.15, 0.2) is 0 Å². The summed E-state index contributed by atoms with van der Waals surface area (Å²) < 4.78 is 6.37. The zero-order valence-electron chi connectivity index (χ0n) is 14.0. The second-order valence-electron chi connectivity index (χ2n) is 5.25. The van der Waals surface area contributed by atoms with Crippen molar-refractivity contribution in [2.45, 2.75) is 11.7 Å². The number of halogens is 1. The fraction of sp³-hybridized carbons (Fsp3) is 0.125. The van der Waals surface area contributed by atoms with Crippen LogP contribution >= 0.6 is 23.4 Å². The minimum Gasteiger partial charge on any atom is -0.467 e. The molecule has 2 heterocycles. The second-order valence-corrected chi connectivity index (χ2v) is 6.62. The van der Waals surface area contributed by atoms with Crippen molar-refractivity contribution in [3.63, 3.8) is 0 Å². The summed E-state index contributed by atoms with van der Waals surface area (Å²) in [7, 11) is 0. The summed E-state index contributed by atoms with van der Waals surface area (Å²) in [5.41, 5.74) is 3.52. The molecule has 140 valence electrons. The predicted octanol–water partition coefficient (Wildman–Crippen LogP) is 2.09. The standard InChI is InChI=1S/C16H16ClN7O2S/c17-12-4-1-3-11(7-12)8-20-21-15-22-23-16(24(15)18)27-10-14(25)19-9-13-5-2-6-26-13/h1-8H,9-10,18H2,(H,19,25)(H,21,22)/b20-8+. The van der Waals surface area contributed by atoms with Gasteiger partial charge in [0.1, 0.15) is 5.76 Å². The molecule has 9 nitrogen and oxygen atoms in total. The van der Waals surface area contributed by atoms with E-state index in [1.807, 2.05) is 12.1 Å². The first-order valence-corrected chi connectivity index (χ1v) is 9.15. The monoisotopic (exact) mass is 405 g/mol. The maximum atomic E-state index is 11.9. The van der Waals surface area contributed by atoms with Crippen molar-refractivity contribution in [1.82, 2.24) is 20.2 Å². The number of benzene rings is 1. The van der Waals surface area contributed by atoms with Crippen LogP contribution < -0.4 is 16.6 Å². The topological polar surface area (TPSA) is 123 Å². The number of hydrazone groups is 1. The number of rotatable bonds is 8. The van der Waals surface area contributed by atoms with Crippen LogP contribution in [0.25, 0.3) is 0 Å². The van der Waals surface area contributed by atoms with Crippen molar-refractivity contribution in [1.29, 1.82) is 0 Å². The molecule has 1 amide bonds. The van der Waals surface area contributed by atoms with Gasteiger partial charge in [-0.1, -0.05) is 35.5 Å². The van der Waals surface area contributed by atoms with Crippen LogP contribution in [0.3, 0.4) is 0 Å². The minimum atomic E-state index is -0.173. The highest BCUT2D eigenvalue weighted by molar-refractivity contribution is 7.99. The zero-order chi connectivity index (χ0) is 19.1. The molecule has 4 N–H and O–H groups in total. The van der Waals surface area contributed by atoms with Gasteiger partial charge in [0.2, 0.25) is 11.1 Å². The highest BCUT2D eigenvalue weighted by Gasteiger charge is 2.12. The number of nitrogens with one attached hydrogen (secondary N) is 2. The van der Waals surface area contributed by atoms with Gasteiger partial charge < -0.3 is 15.6 Å². The molecule has 3 rings (SSSR count). The highest BCUT2D eigenvalue weighted by Crippen LogP contribution is 2.16. The summed E-state index contributed by atoms with van der Waals surface area (Å²) in [6, 6.07) is 10.8. The third-order valence-corrected chi connectivity index (χ3v) is 4.44. The van der Waals surface area contributed by atoms with E-state index in [1.54, 1.807) is 36.7 Å². The molecule has 0 unspecified atom stereocenters. The predicted molar refractivity (Wildman–Crippen MR) is 104 cm³/mol. The van der Waals surface area contributed by atoms with Crippen LogP contribution in [0, 0.1) is 0 Å². The lowest BCUT2D eigenvalue weighted by Gasteiger charge is -2.04. The fourth-order valence-electron chi connectivity index (χ4n) is 1.98. The van der Waals surface area contributed by atoms with Crippen LogP contribution in [0.4, 0.5) is 5.95 Å². The van der Waals surface area contributed by atoms with Gasteiger partial charge in [-0.25, -0.2) is 10.1 Å². The Morgan fingerprint density at radius 2 is 2.26 bits per heavy atom. The zero-order valence-corrected chi connectivity index (χ0v) is 15.6. The normalized spacial score (nSPS) is 11.0. The molecule has 2 aromatic heterocycles. The van der Waals surface area contributed by atoms with Crippen LogP contribution in [-0.4, -0.2) is 32.7 Å². The van der Waals surface area contributed by atoms with Crippen LogP contribution in [0.5, 0.6) is 0 Å². The Morgan fingerprint density at radius 1 is 1.37 bits per heavy atom. The van der Waals surface area contributed by atoms with Gasteiger partial charge in [0, 0.05) is 5.02 Å². The molecule has 0 aliphatic heterocycles. The first-order valence-electron chi connectivity index (χ1n) is 7.79. The van der Waals surface area contributed by atoms with E-state index in [4.69, 9.17) is 21.9 Å². The third kappa shape index (κ3) is 5.50. The number of furan rings is 1. The summed E-state index contributed by atoms with van der Waals surface area (Å²) >= 11 is 7.07. The summed E-state index contributed by atoms with van der Waals surface area (Å²) in [5.74, 6) is 6.80. The smallest absolute Gasteiger partial charge is 0.264 e. The molecule has 27 heavy (non-hydrogen) atoms. The lowest BCUT2D eigenvalue weighted by atomic mass is 10.2. The summed E-state index contributed by atoms with van der Waals surface area (Å²) in [5, 5.41) is 15.6. The van der Waals surface area contributed by atoms with E-state index in [-0.39, 0.29) is 17.6 Å². The van der Waals surface area contributed by atoms with E-state index in [0.29, 0.717) is 22.5 Å². The van der Waals surface area contributed by atoms with Crippen molar-refractivity contribution < 1.29 is 9.21 Å². The molecule has 0 fully saturated rings. The molecular weight excluding hydrogens is 390 g/mol. The minimum absolute atomic E-state index is 0.141. The average Bonchev–Trinajstić information content (AvgIpc) is 3.29. The van der Waals surface area contributed by atoms with E-state index in [0.717, 1.165) is 17.3 Å². The van der Waals surface area contributed by atoms with Crippen LogP contribution in [-0.2, 0) is 11.3 Å². The number of carbonyl (C=O) groups is 1. The van der Waals surface area contributed by atoms with Gasteiger partial charge in [-0.3, -0.25) is 4.79 Å². The third-order valence-electron chi connectivity index (χ3n) is 3.26. The van der Waals surface area contributed by atoms with Crippen LogP contribution in [0.15, 0.2) is 57.3 Å². The van der Waals surface area contributed by atoms with Gasteiger partial charge in [0.25, 0.3) is 5.95 Å². The van der Waals surface area contributed by atoms with Crippen molar-refractivity contribution in [3.05, 3.63) is 59.0 Å². The van der Waals surface area contributed by atoms with E-state index in [2.05, 4.69) is 26.0 Å². The first kappa shape index (κ1) is 18.8. The quantitative estimate of drug-likeness (QED) is 0.227. The lowest BCUT2D eigenvalue weighted by molar-refractivity contribution is -0.118. The van der Waals surface area contributed by atoms with Gasteiger partial charge in [-0.2, -0.15) is 5.10 Å². The summed E-state index contributed by atoms with van der Waals surface area (Å²) in [6.07, 6.45) is 3.13. The molecule has 0 saturated heterocycles. The average molecular weight is 406 g/mol. The lowest BCUT2D eigenvalue weighted by Crippen LogP contribution is -2.24. The van der Waals surface area contributed by atoms with Crippen LogP contribution in [0.1, 0.15) is 11.3 Å². The maximum Gasteiger partial charge on any atom is 0.264 e. The molecule has 0 aliphatic carbocycles. The Balaban J connectivity index is 1.48. The van der Waals surface area contributed by atoms with E-state index < -0.39 is 0 Å². The number of nitrogens with zero attached hydrogens (tertiary/aromatic N) is 4. The summed E-state index contributed by atoms with van der Waals surface area (Å²) in [6.45, 7) is 0.326. The van der Waals surface area contributed by atoms with E-state index in [1.165, 1.54) is 4.68 Å². The highest BCUT2D eigenvalue weighted by atomic mass is 35.5. The molecular formula is C16H16ClN7O2S. The Morgan fingerprint density at radius 3 is 3.04 bits per heavy atom. The number of hydrogen-bond donors (Lipinski definition) is 3. The SMILES string of the molecule is Nn1c(N/N=C/c2cccc(Cl)c2)nnc1SCC(=O)NCc1ccco1. The number of carbonyl (C=O) groups excluding carboxylic acids is 1. The fourth-order valence-corrected chi connectivity index (χ4v) is 2.87. The Hall–Kier alpha value is -2.98. The number of nitrogen functional groups attached to an aromatic ring is 1. The van der Waals surface area contributed by atoms with Crippen molar-refractivity contribution >= 4 is 41.4 Å². The Labute approximate surface area is 163 Å². The Bertz CT molecular complexity index is 927. The van der Waals surface area contributed by atoms with Crippen molar-refractivity contribution in [2.24, 2.45) is 5.10 Å². The maximum absolute atomic E-state index is 11.9. The number of thioether (sulfide) groups is 1. The van der Waals surface area contributed by atoms with Gasteiger partial charge in [-0.05, 0) is 29.8 Å². The van der Waals surface area contributed by atoms with E-state index >= 15 is 0 Å². The second kappa shape index (κ2) is 9.10. The number of hydrogen-bond acceptors (Lipinski definition) is 8. The van der Waals surface area contributed by atoms with Crippen molar-refractivity contribution in [3.8, 4) is 0 Å². The molecule has 0 radical (unpaired) electrons. The number of anilines is 1. The van der Waals surface area contributed by atoms with Crippen LogP contribution in [0.2, 0.25) is 5.02 Å². The molecule has 0 atom stereocenters. The molecule has 11 heteroatoms. The molecule has 1 aromatic carbocycles. The number of nitrogens with two attached hydrogens (primary N) is 1. The molecule has 0 saturated carbocycles. The first-order chi connectivity index (χ1) is 13.1. The van der Waals surface area contributed by atoms with Crippen molar-refractivity contribution in [2.75, 3.05) is 17.0 Å². The molecule has 0 aliphatic rings.